The Bertz CT molecular complexity index is 1770. The van der Waals surface area contributed by atoms with Crippen molar-refractivity contribution < 1.29 is 4.42 Å². The lowest BCUT2D eigenvalue weighted by Crippen LogP contribution is -1.82. The fraction of sp³-hybridized carbons (Fsp3) is 0. The van der Waals surface area contributed by atoms with Crippen LogP contribution in [0.15, 0.2) is 114 Å². The first-order valence-corrected chi connectivity index (χ1v) is 10.9. The number of hydrogen-bond acceptors (Lipinski definition) is 1. The second-order valence-electron chi connectivity index (χ2n) is 8.29. The van der Waals surface area contributed by atoms with Crippen molar-refractivity contribution in [3.8, 4) is 22.3 Å². The molecular weight excluding hydrogens is 390 g/mol. The normalized spacial score (nSPS) is 11.8. The lowest BCUT2D eigenvalue weighted by molar-refractivity contribution is 0.670. The van der Waals surface area contributed by atoms with Gasteiger partial charge < -0.3 is 9.40 Å². The minimum absolute atomic E-state index is 0.929. The number of fused-ring (bicyclic) bond motifs is 6. The molecule has 5 aromatic carbocycles. The quantitative estimate of drug-likeness (QED) is 0.304. The molecule has 0 atom stereocenters. The molecular formula is C30H19NO. The summed E-state index contributed by atoms with van der Waals surface area (Å²) in [7, 11) is 0. The summed E-state index contributed by atoms with van der Waals surface area (Å²) >= 11 is 0. The zero-order valence-electron chi connectivity index (χ0n) is 17.3. The van der Waals surface area contributed by atoms with Crippen molar-refractivity contribution >= 4 is 43.7 Å². The molecule has 0 saturated heterocycles. The highest BCUT2D eigenvalue weighted by Crippen LogP contribution is 2.36. The van der Waals surface area contributed by atoms with E-state index < -0.39 is 0 Å². The molecule has 0 radical (unpaired) electrons. The van der Waals surface area contributed by atoms with Crippen LogP contribution in [0.1, 0.15) is 0 Å². The van der Waals surface area contributed by atoms with Gasteiger partial charge in [-0.2, -0.15) is 0 Å². The number of hydrogen-bond donors (Lipinski definition) is 1. The van der Waals surface area contributed by atoms with Crippen LogP contribution in [-0.4, -0.2) is 4.98 Å². The van der Waals surface area contributed by atoms with Crippen molar-refractivity contribution in [1.29, 1.82) is 0 Å². The Hall–Kier alpha value is -4.30. The van der Waals surface area contributed by atoms with E-state index >= 15 is 0 Å². The molecule has 150 valence electrons. The summed E-state index contributed by atoms with van der Waals surface area (Å²) in [6.07, 6.45) is 0. The smallest absolute Gasteiger partial charge is 0.143 e. The summed E-state index contributed by atoms with van der Waals surface area (Å²) in [5.41, 5.74) is 8.93. The zero-order valence-corrected chi connectivity index (χ0v) is 17.3. The molecule has 7 rings (SSSR count). The monoisotopic (exact) mass is 409 g/mol. The van der Waals surface area contributed by atoms with E-state index in [9.17, 15) is 0 Å². The second-order valence-corrected chi connectivity index (χ2v) is 8.29. The SMILES string of the molecule is c1ccc2c(c1)[nH]c1ccc(-c3ccc(-c4cccc5c4oc4ccccc45)cc3)cc12. The van der Waals surface area contributed by atoms with Crippen LogP contribution in [0, 0.1) is 0 Å². The summed E-state index contributed by atoms with van der Waals surface area (Å²) in [4.78, 5) is 3.50. The number of benzene rings is 5. The number of aromatic amines is 1. The molecule has 0 spiro atoms. The molecule has 0 unspecified atom stereocenters. The highest BCUT2D eigenvalue weighted by atomic mass is 16.3. The number of rotatable bonds is 2. The van der Waals surface area contributed by atoms with E-state index in [2.05, 4.69) is 102 Å². The molecule has 2 heteroatoms. The van der Waals surface area contributed by atoms with Gasteiger partial charge in [-0.3, -0.25) is 0 Å². The molecule has 32 heavy (non-hydrogen) atoms. The molecule has 0 aliphatic heterocycles. The van der Waals surface area contributed by atoms with Crippen LogP contribution in [-0.2, 0) is 0 Å². The lowest BCUT2D eigenvalue weighted by atomic mass is 9.98. The van der Waals surface area contributed by atoms with Gasteiger partial charge in [0.1, 0.15) is 11.2 Å². The van der Waals surface area contributed by atoms with E-state index in [-0.39, 0.29) is 0 Å². The van der Waals surface area contributed by atoms with Crippen LogP contribution in [0.4, 0.5) is 0 Å². The summed E-state index contributed by atoms with van der Waals surface area (Å²) in [6, 6.07) is 38.5. The highest BCUT2D eigenvalue weighted by molar-refractivity contribution is 6.10. The number of furan rings is 1. The predicted molar refractivity (Wildman–Crippen MR) is 134 cm³/mol. The summed E-state index contributed by atoms with van der Waals surface area (Å²) in [5, 5.41) is 4.84. The third kappa shape index (κ3) is 2.53. The van der Waals surface area contributed by atoms with Crippen molar-refractivity contribution in [2.75, 3.05) is 0 Å². The van der Waals surface area contributed by atoms with Crippen LogP contribution < -0.4 is 0 Å². The van der Waals surface area contributed by atoms with Gasteiger partial charge in [0.05, 0.1) is 0 Å². The predicted octanol–water partition coefficient (Wildman–Crippen LogP) is 8.55. The molecule has 0 aliphatic rings. The minimum Gasteiger partial charge on any atom is -0.455 e. The molecule has 0 aliphatic carbocycles. The fourth-order valence-corrected chi connectivity index (χ4v) is 4.84. The number of nitrogens with one attached hydrogen (secondary N) is 1. The molecule has 0 fully saturated rings. The van der Waals surface area contributed by atoms with Crippen molar-refractivity contribution in [3.63, 3.8) is 0 Å². The van der Waals surface area contributed by atoms with E-state index in [4.69, 9.17) is 4.42 Å². The van der Waals surface area contributed by atoms with Crippen molar-refractivity contribution in [1.82, 2.24) is 4.98 Å². The summed E-state index contributed by atoms with van der Waals surface area (Å²) < 4.78 is 6.23. The number of aromatic nitrogens is 1. The molecule has 7 aromatic rings. The topological polar surface area (TPSA) is 28.9 Å². The van der Waals surface area contributed by atoms with E-state index in [1.807, 2.05) is 12.1 Å². The molecule has 0 bridgehead atoms. The average molecular weight is 409 g/mol. The molecule has 0 amide bonds. The Kier molecular flexibility index (Phi) is 3.58. The third-order valence-electron chi connectivity index (χ3n) is 6.44. The summed E-state index contributed by atoms with van der Waals surface area (Å²) in [5.74, 6) is 0. The van der Waals surface area contributed by atoms with E-state index in [1.165, 1.54) is 32.9 Å². The van der Waals surface area contributed by atoms with E-state index in [1.54, 1.807) is 0 Å². The van der Waals surface area contributed by atoms with Gasteiger partial charge in [-0.05, 0) is 41.0 Å². The largest absolute Gasteiger partial charge is 0.455 e. The average Bonchev–Trinajstić information content (AvgIpc) is 3.42. The first kappa shape index (κ1) is 17.4. The maximum Gasteiger partial charge on any atom is 0.143 e. The number of H-pyrrole nitrogens is 1. The first-order valence-electron chi connectivity index (χ1n) is 10.9. The summed E-state index contributed by atoms with van der Waals surface area (Å²) in [6.45, 7) is 0. The first-order chi connectivity index (χ1) is 15.8. The van der Waals surface area contributed by atoms with Gasteiger partial charge in [-0.15, -0.1) is 0 Å². The standard InChI is InChI=1S/C30H19NO/c1-3-10-27-23(6-1)26-18-21(16-17-28(26)31-27)19-12-14-20(15-13-19)22-8-5-9-25-24-7-2-4-11-29(24)32-30(22)25/h1-18,31H. The Morgan fingerprint density at radius 2 is 1.16 bits per heavy atom. The maximum absolute atomic E-state index is 6.23. The Labute approximate surface area is 184 Å². The maximum atomic E-state index is 6.23. The van der Waals surface area contributed by atoms with Gasteiger partial charge in [-0.25, -0.2) is 0 Å². The van der Waals surface area contributed by atoms with Crippen LogP contribution in [0.25, 0.3) is 66.0 Å². The van der Waals surface area contributed by atoms with Crippen LogP contribution >= 0.6 is 0 Å². The second kappa shape index (κ2) is 6.60. The van der Waals surface area contributed by atoms with Crippen molar-refractivity contribution in [2.45, 2.75) is 0 Å². The van der Waals surface area contributed by atoms with Crippen LogP contribution in [0.5, 0.6) is 0 Å². The van der Waals surface area contributed by atoms with Gasteiger partial charge in [0.25, 0.3) is 0 Å². The lowest BCUT2D eigenvalue weighted by Gasteiger charge is -2.06. The molecule has 2 nitrogen and oxygen atoms in total. The molecule has 0 saturated carbocycles. The molecule has 2 aromatic heterocycles. The van der Waals surface area contributed by atoms with Gasteiger partial charge in [0.2, 0.25) is 0 Å². The van der Waals surface area contributed by atoms with Gasteiger partial charge in [0, 0.05) is 38.1 Å². The zero-order chi connectivity index (χ0) is 21.1. The Morgan fingerprint density at radius 1 is 0.469 bits per heavy atom. The van der Waals surface area contributed by atoms with Gasteiger partial charge >= 0.3 is 0 Å². The fourth-order valence-electron chi connectivity index (χ4n) is 4.84. The van der Waals surface area contributed by atoms with Gasteiger partial charge in [-0.1, -0.05) is 84.9 Å². The van der Waals surface area contributed by atoms with Crippen LogP contribution in [0.2, 0.25) is 0 Å². The molecule has 2 heterocycles. The van der Waals surface area contributed by atoms with Crippen molar-refractivity contribution in [2.24, 2.45) is 0 Å². The van der Waals surface area contributed by atoms with E-state index in [0.29, 0.717) is 0 Å². The Morgan fingerprint density at radius 3 is 2.06 bits per heavy atom. The van der Waals surface area contributed by atoms with Crippen molar-refractivity contribution in [3.05, 3.63) is 109 Å². The minimum atomic E-state index is 0.929. The van der Waals surface area contributed by atoms with Crippen LogP contribution in [0.3, 0.4) is 0 Å². The number of para-hydroxylation sites is 3. The van der Waals surface area contributed by atoms with E-state index in [0.717, 1.165) is 33.1 Å². The Balaban J connectivity index is 1.34. The van der Waals surface area contributed by atoms with Gasteiger partial charge in [0.15, 0.2) is 0 Å². The third-order valence-corrected chi connectivity index (χ3v) is 6.44. The molecule has 1 N–H and O–H groups in total. The highest BCUT2D eigenvalue weighted by Gasteiger charge is 2.12.